The number of unbranched alkanes of at least 4 members (excludes halogenated alkanes) is 2. The van der Waals surface area contributed by atoms with Gasteiger partial charge in [0.15, 0.2) is 0 Å². The number of benzene rings is 2. The molecule has 0 aliphatic carbocycles. The summed E-state index contributed by atoms with van der Waals surface area (Å²) >= 11 is 1.51. The van der Waals surface area contributed by atoms with Gasteiger partial charge in [0, 0.05) is 23.9 Å². The number of hydrogen-bond acceptors (Lipinski definition) is 6. The molecule has 160 valence electrons. The van der Waals surface area contributed by atoms with Crippen LogP contribution in [-0.2, 0) is 0 Å². The zero-order chi connectivity index (χ0) is 22.3. The molecule has 2 heterocycles. The monoisotopic (exact) mass is 442 g/mol. The van der Waals surface area contributed by atoms with E-state index in [9.17, 15) is 9.59 Å². The number of fused-ring (bicyclic) bond motifs is 1. The topological polar surface area (TPSA) is 74.7 Å². The van der Waals surface area contributed by atoms with Crippen molar-refractivity contribution in [2.24, 2.45) is 5.10 Å². The van der Waals surface area contributed by atoms with Crippen molar-refractivity contribution < 1.29 is 9.59 Å². The lowest BCUT2D eigenvalue weighted by atomic mass is 10.1. The van der Waals surface area contributed by atoms with Gasteiger partial charge in [0.2, 0.25) is 5.13 Å². The number of nitrogens with zero attached hydrogens (tertiary/aromatic N) is 3. The molecule has 7 heteroatoms. The van der Waals surface area contributed by atoms with Crippen LogP contribution in [0.15, 0.2) is 59.0 Å². The van der Waals surface area contributed by atoms with Crippen molar-refractivity contribution in [2.75, 3.05) is 12.0 Å². The number of imide groups is 1. The third kappa shape index (κ3) is 5.10. The molecular formula is C25H22N4O2S. The van der Waals surface area contributed by atoms with E-state index in [0.29, 0.717) is 24.1 Å². The van der Waals surface area contributed by atoms with Gasteiger partial charge in [-0.1, -0.05) is 36.1 Å². The average molecular weight is 443 g/mol. The first-order chi connectivity index (χ1) is 15.6. The van der Waals surface area contributed by atoms with E-state index in [-0.39, 0.29) is 11.8 Å². The second-order valence-electron chi connectivity index (χ2n) is 7.36. The van der Waals surface area contributed by atoms with E-state index in [0.717, 1.165) is 34.8 Å². The van der Waals surface area contributed by atoms with E-state index in [4.69, 9.17) is 0 Å². The quantitative estimate of drug-likeness (QED) is 0.189. The lowest BCUT2D eigenvalue weighted by Gasteiger charge is -2.12. The smallest absolute Gasteiger partial charge is 0.261 e. The Morgan fingerprint density at radius 1 is 1.09 bits per heavy atom. The summed E-state index contributed by atoms with van der Waals surface area (Å²) in [5.41, 5.74) is 6.75. The van der Waals surface area contributed by atoms with E-state index in [1.807, 2.05) is 36.6 Å². The third-order valence-corrected chi connectivity index (χ3v) is 5.79. The van der Waals surface area contributed by atoms with Crippen LogP contribution < -0.4 is 5.43 Å². The van der Waals surface area contributed by atoms with Gasteiger partial charge in [-0.2, -0.15) is 5.10 Å². The van der Waals surface area contributed by atoms with Crippen molar-refractivity contribution in [1.82, 2.24) is 9.88 Å². The summed E-state index contributed by atoms with van der Waals surface area (Å²) in [7, 11) is 0. The first kappa shape index (κ1) is 21.5. The maximum absolute atomic E-state index is 12.4. The number of hydrazone groups is 1. The van der Waals surface area contributed by atoms with E-state index >= 15 is 0 Å². The molecule has 0 radical (unpaired) electrons. The van der Waals surface area contributed by atoms with Crippen LogP contribution in [-0.4, -0.2) is 34.5 Å². The molecule has 1 aromatic heterocycles. The molecule has 0 saturated carbocycles. The minimum Gasteiger partial charge on any atom is -0.274 e. The molecule has 1 aliphatic heterocycles. The van der Waals surface area contributed by atoms with Crippen LogP contribution >= 0.6 is 11.3 Å². The number of carbonyl (C=O) groups excluding carboxylic acids is 2. The van der Waals surface area contributed by atoms with Crippen molar-refractivity contribution in [2.45, 2.75) is 26.2 Å². The normalized spacial score (nSPS) is 12.7. The van der Waals surface area contributed by atoms with Gasteiger partial charge < -0.3 is 0 Å². The summed E-state index contributed by atoms with van der Waals surface area (Å²) in [5.74, 6) is 5.94. The van der Waals surface area contributed by atoms with Crippen LogP contribution in [0, 0.1) is 18.8 Å². The molecule has 2 amide bonds. The van der Waals surface area contributed by atoms with Crippen molar-refractivity contribution in [3.05, 3.63) is 81.9 Å². The molecule has 0 saturated heterocycles. The zero-order valence-electron chi connectivity index (χ0n) is 17.7. The SMILES string of the molecule is Cc1csc(NN=Cc2cccc(C#CCCCCN3C(=O)c4ccccc4C3=O)c2)n1. The van der Waals surface area contributed by atoms with Gasteiger partial charge in [0.25, 0.3) is 11.8 Å². The molecule has 32 heavy (non-hydrogen) atoms. The highest BCUT2D eigenvalue weighted by molar-refractivity contribution is 7.13. The van der Waals surface area contributed by atoms with Crippen LogP contribution in [0.4, 0.5) is 5.13 Å². The van der Waals surface area contributed by atoms with E-state index in [2.05, 4.69) is 27.4 Å². The number of thiazole rings is 1. The maximum Gasteiger partial charge on any atom is 0.261 e. The highest BCUT2D eigenvalue weighted by atomic mass is 32.1. The summed E-state index contributed by atoms with van der Waals surface area (Å²) in [5, 5.41) is 6.94. The number of nitrogens with one attached hydrogen (secondary N) is 1. The van der Waals surface area contributed by atoms with Crippen molar-refractivity contribution >= 4 is 34.5 Å². The van der Waals surface area contributed by atoms with E-state index in [1.54, 1.807) is 30.5 Å². The van der Waals surface area contributed by atoms with Crippen LogP contribution in [0.25, 0.3) is 0 Å². The van der Waals surface area contributed by atoms with Crippen molar-refractivity contribution in [3.8, 4) is 11.8 Å². The Morgan fingerprint density at radius 3 is 2.59 bits per heavy atom. The molecular weight excluding hydrogens is 420 g/mol. The standard InChI is InChI=1S/C25H22N4O2S/c1-18-17-32-25(27-18)28-26-16-20-11-8-10-19(15-20)9-4-2-3-7-14-29-23(30)21-12-5-6-13-22(21)24(29)31/h5-6,8,10-13,15-17H,2-3,7,14H2,1H3,(H,27,28). The predicted octanol–water partition coefficient (Wildman–Crippen LogP) is 4.72. The van der Waals surface area contributed by atoms with Gasteiger partial charge in [-0.25, -0.2) is 4.98 Å². The van der Waals surface area contributed by atoms with Crippen LogP contribution in [0.2, 0.25) is 0 Å². The molecule has 0 unspecified atom stereocenters. The summed E-state index contributed by atoms with van der Waals surface area (Å²) in [6.45, 7) is 2.36. The van der Waals surface area contributed by atoms with Crippen LogP contribution in [0.3, 0.4) is 0 Å². The predicted molar refractivity (Wildman–Crippen MR) is 127 cm³/mol. The molecule has 6 nitrogen and oxygen atoms in total. The van der Waals surface area contributed by atoms with Gasteiger partial charge >= 0.3 is 0 Å². The number of rotatable bonds is 7. The molecule has 4 rings (SSSR count). The highest BCUT2D eigenvalue weighted by Crippen LogP contribution is 2.22. The number of aromatic nitrogens is 1. The second-order valence-corrected chi connectivity index (χ2v) is 8.21. The molecule has 0 bridgehead atoms. The van der Waals surface area contributed by atoms with Crippen LogP contribution in [0.5, 0.6) is 0 Å². The molecule has 1 aliphatic rings. The average Bonchev–Trinajstić information content (AvgIpc) is 3.32. The molecule has 1 N–H and O–H groups in total. The fourth-order valence-electron chi connectivity index (χ4n) is 3.35. The van der Waals surface area contributed by atoms with Gasteiger partial charge in [-0.05, 0) is 49.6 Å². The minimum atomic E-state index is -0.199. The van der Waals surface area contributed by atoms with Crippen molar-refractivity contribution in [1.29, 1.82) is 0 Å². The second kappa shape index (κ2) is 10.0. The Hall–Kier alpha value is -3.76. The summed E-state index contributed by atoms with van der Waals surface area (Å²) < 4.78 is 0. The zero-order valence-corrected chi connectivity index (χ0v) is 18.5. The first-order valence-corrected chi connectivity index (χ1v) is 11.2. The first-order valence-electron chi connectivity index (χ1n) is 10.4. The van der Waals surface area contributed by atoms with Crippen LogP contribution in [0.1, 0.15) is 56.8 Å². The Bertz CT molecular complexity index is 1200. The molecule has 0 fully saturated rings. The Balaban J connectivity index is 1.23. The molecule has 0 spiro atoms. The number of carbonyl (C=O) groups is 2. The van der Waals surface area contributed by atoms with E-state index < -0.39 is 0 Å². The van der Waals surface area contributed by atoms with Gasteiger partial charge in [-0.3, -0.25) is 19.9 Å². The van der Waals surface area contributed by atoms with Gasteiger partial charge in [0.05, 0.1) is 23.0 Å². The number of hydrogen-bond donors (Lipinski definition) is 1. The third-order valence-electron chi connectivity index (χ3n) is 4.92. The van der Waals surface area contributed by atoms with E-state index in [1.165, 1.54) is 16.2 Å². The molecule has 3 aromatic rings. The highest BCUT2D eigenvalue weighted by Gasteiger charge is 2.34. The largest absolute Gasteiger partial charge is 0.274 e. The Morgan fingerprint density at radius 2 is 1.88 bits per heavy atom. The summed E-state index contributed by atoms with van der Waals surface area (Å²) in [4.78, 5) is 30.4. The number of amides is 2. The lowest BCUT2D eigenvalue weighted by molar-refractivity contribution is 0.0652. The minimum absolute atomic E-state index is 0.199. The fraction of sp³-hybridized carbons (Fsp3) is 0.200. The number of anilines is 1. The number of aryl methyl sites for hydroxylation is 1. The van der Waals surface area contributed by atoms with Crippen molar-refractivity contribution in [3.63, 3.8) is 0 Å². The van der Waals surface area contributed by atoms with Gasteiger partial charge in [0.1, 0.15) is 0 Å². The Labute approximate surface area is 191 Å². The molecule has 2 aromatic carbocycles. The summed E-state index contributed by atoms with van der Waals surface area (Å²) in [6, 6.07) is 14.8. The van der Waals surface area contributed by atoms with Gasteiger partial charge in [-0.15, -0.1) is 11.3 Å². The fourth-order valence-corrected chi connectivity index (χ4v) is 3.99. The lowest BCUT2D eigenvalue weighted by Crippen LogP contribution is -2.30. The maximum atomic E-state index is 12.4. The summed E-state index contributed by atoms with van der Waals surface area (Å²) in [6.07, 6.45) is 3.99. The Kier molecular flexibility index (Phi) is 6.73. The molecule has 0 atom stereocenters.